The number of rotatable bonds is 5. The van der Waals surface area contributed by atoms with Crippen molar-refractivity contribution >= 4 is 10.0 Å². The van der Waals surface area contributed by atoms with Gasteiger partial charge in [-0.25, -0.2) is 8.42 Å². The van der Waals surface area contributed by atoms with Gasteiger partial charge in [0.1, 0.15) is 10.6 Å². The van der Waals surface area contributed by atoms with Crippen molar-refractivity contribution in [1.29, 1.82) is 0 Å². The summed E-state index contributed by atoms with van der Waals surface area (Å²) in [7, 11) is -3.64. The second kappa shape index (κ2) is 8.32. The lowest BCUT2D eigenvalue weighted by Crippen LogP contribution is -2.39. The van der Waals surface area contributed by atoms with Crippen LogP contribution in [0.4, 0.5) is 0 Å². The number of hydrogen-bond acceptors (Lipinski definition) is 5. The Morgan fingerprint density at radius 3 is 2.57 bits per heavy atom. The predicted octanol–water partition coefficient (Wildman–Crippen LogP) is 4.15. The lowest BCUT2D eigenvalue weighted by Gasteiger charge is -2.31. The smallest absolute Gasteiger partial charge is 0.248 e. The van der Waals surface area contributed by atoms with Gasteiger partial charge < -0.3 is 4.52 Å². The summed E-state index contributed by atoms with van der Waals surface area (Å²) in [6.07, 6.45) is 2.57. The van der Waals surface area contributed by atoms with Crippen LogP contribution < -0.4 is 0 Å². The van der Waals surface area contributed by atoms with E-state index < -0.39 is 10.0 Å². The van der Waals surface area contributed by atoms with E-state index >= 15 is 0 Å². The van der Waals surface area contributed by atoms with Crippen LogP contribution in [0.1, 0.15) is 52.7 Å². The number of aromatic nitrogens is 2. The molecule has 0 unspecified atom stereocenters. The van der Waals surface area contributed by atoms with Crippen molar-refractivity contribution < 1.29 is 12.9 Å². The van der Waals surface area contributed by atoms with Gasteiger partial charge in [0.15, 0.2) is 5.76 Å². The van der Waals surface area contributed by atoms with E-state index in [1.807, 2.05) is 25.1 Å². The minimum Gasteiger partial charge on any atom is -0.360 e. The maximum absolute atomic E-state index is 13.2. The van der Waals surface area contributed by atoms with Crippen molar-refractivity contribution in [3.8, 4) is 0 Å². The Balaban J connectivity index is 1.59. The predicted molar refractivity (Wildman–Crippen MR) is 115 cm³/mol. The van der Waals surface area contributed by atoms with E-state index in [0.29, 0.717) is 24.5 Å². The van der Waals surface area contributed by atoms with Crippen LogP contribution in [0, 0.1) is 20.8 Å². The standard InChI is InChI=1S/C23H27N3O3S/c1-16-12-20(13-19-8-5-4-6-9-19)14-22(24-16)21-10-7-11-26(15-21)30(27,28)23-17(2)25-29-18(23)3/h4-6,8-9,12,14,21H,7,10-11,13,15H2,1-3H3/t21-/m0/s1. The molecule has 0 saturated carbocycles. The first kappa shape index (κ1) is 20.8. The lowest BCUT2D eigenvalue weighted by atomic mass is 9.93. The highest BCUT2D eigenvalue weighted by atomic mass is 32.2. The van der Waals surface area contributed by atoms with Crippen LogP contribution in [0.5, 0.6) is 0 Å². The van der Waals surface area contributed by atoms with E-state index in [1.54, 1.807) is 18.2 Å². The molecule has 2 aromatic heterocycles. The van der Waals surface area contributed by atoms with Crippen LogP contribution in [-0.4, -0.2) is 36.0 Å². The van der Waals surface area contributed by atoms with Crippen molar-refractivity contribution in [2.24, 2.45) is 0 Å². The highest BCUT2D eigenvalue weighted by molar-refractivity contribution is 7.89. The van der Waals surface area contributed by atoms with Crippen molar-refractivity contribution in [2.75, 3.05) is 13.1 Å². The molecule has 158 valence electrons. The first-order valence-corrected chi connectivity index (χ1v) is 11.7. The normalized spacial score (nSPS) is 17.9. The number of sulfonamides is 1. The summed E-state index contributed by atoms with van der Waals surface area (Å²) >= 11 is 0. The zero-order valence-electron chi connectivity index (χ0n) is 17.6. The van der Waals surface area contributed by atoms with Gasteiger partial charge in [-0.3, -0.25) is 4.98 Å². The van der Waals surface area contributed by atoms with Crippen molar-refractivity contribution in [1.82, 2.24) is 14.4 Å². The van der Waals surface area contributed by atoms with Crippen LogP contribution in [-0.2, 0) is 16.4 Å². The molecule has 1 atom stereocenters. The molecule has 1 aromatic carbocycles. The molecule has 0 amide bonds. The second-order valence-electron chi connectivity index (χ2n) is 8.06. The molecule has 3 aromatic rings. The van der Waals surface area contributed by atoms with Crippen LogP contribution >= 0.6 is 0 Å². The van der Waals surface area contributed by atoms with Gasteiger partial charge in [-0.2, -0.15) is 4.31 Å². The van der Waals surface area contributed by atoms with Crippen LogP contribution in [0.15, 0.2) is 51.9 Å². The van der Waals surface area contributed by atoms with Crippen molar-refractivity contribution in [3.05, 3.63) is 76.4 Å². The van der Waals surface area contributed by atoms with Crippen LogP contribution in [0.2, 0.25) is 0 Å². The third-order valence-corrected chi connectivity index (χ3v) is 7.76. The quantitative estimate of drug-likeness (QED) is 0.614. The van der Waals surface area contributed by atoms with Gasteiger partial charge in [0.05, 0.1) is 0 Å². The van der Waals surface area contributed by atoms with Crippen LogP contribution in [0.3, 0.4) is 0 Å². The van der Waals surface area contributed by atoms with E-state index in [1.165, 1.54) is 11.1 Å². The second-order valence-corrected chi connectivity index (χ2v) is 9.93. The number of nitrogens with zero attached hydrogens (tertiary/aromatic N) is 3. The maximum Gasteiger partial charge on any atom is 0.248 e. The monoisotopic (exact) mass is 425 g/mol. The van der Waals surface area contributed by atoms with Crippen LogP contribution in [0.25, 0.3) is 0 Å². The molecule has 0 N–H and O–H groups in total. The summed E-state index contributed by atoms with van der Waals surface area (Å²) in [6, 6.07) is 14.6. The molecule has 3 heterocycles. The average Bonchev–Trinajstić information content (AvgIpc) is 3.07. The molecule has 0 spiro atoms. The molecular formula is C23H27N3O3S. The third-order valence-electron chi connectivity index (χ3n) is 5.65. The van der Waals surface area contributed by atoms with Gasteiger partial charge in [-0.1, -0.05) is 35.5 Å². The minimum absolute atomic E-state index is 0.0726. The van der Waals surface area contributed by atoms with E-state index in [2.05, 4.69) is 29.4 Å². The zero-order chi connectivity index (χ0) is 21.3. The minimum atomic E-state index is -3.64. The Morgan fingerprint density at radius 1 is 1.10 bits per heavy atom. The fourth-order valence-electron chi connectivity index (χ4n) is 4.28. The van der Waals surface area contributed by atoms with E-state index in [0.717, 1.165) is 30.7 Å². The topological polar surface area (TPSA) is 76.3 Å². The van der Waals surface area contributed by atoms with Gasteiger partial charge in [0, 0.05) is 30.4 Å². The molecule has 0 bridgehead atoms. The van der Waals surface area contributed by atoms with Gasteiger partial charge in [0.25, 0.3) is 0 Å². The molecule has 30 heavy (non-hydrogen) atoms. The number of piperidine rings is 1. The summed E-state index contributed by atoms with van der Waals surface area (Å²) in [5.41, 5.74) is 4.80. The fourth-order valence-corrected chi connectivity index (χ4v) is 6.10. The summed E-state index contributed by atoms with van der Waals surface area (Å²) in [5.74, 6) is 0.414. The fraction of sp³-hybridized carbons (Fsp3) is 0.391. The number of aryl methyl sites for hydroxylation is 3. The summed E-state index contributed by atoms with van der Waals surface area (Å²) in [4.78, 5) is 4.96. The van der Waals surface area contributed by atoms with Gasteiger partial charge in [-0.05, 0) is 63.3 Å². The first-order chi connectivity index (χ1) is 14.3. The highest BCUT2D eigenvalue weighted by Crippen LogP contribution is 2.32. The molecule has 6 nitrogen and oxygen atoms in total. The van der Waals surface area contributed by atoms with Gasteiger partial charge in [0.2, 0.25) is 10.0 Å². The average molecular weight is 426 g/mol. The maximum atomic E-state index is 13.2. The van der Waals surface area contributed by atoms with E-state index in [9.17, 15) is 8.42 Å². The van der Waals surface area contributed by atoms with Gasteiger partial charge >= 0.3 is 0 Å². The molecule has 1 fully saturated rings. The zero-order valence-corrected chi connectivity index (χ0v) is 18.4. The molecule has 7 heteroatoms. The highest BCUT2D eigenvalue weighted by Gasteiger charge is 2.35. The van der Waals surface area contributed by atoms with Gasteiger partial charge in [-0.15, -0.1) is 0 Å². The molecule has 1 aliphatic heterocycles. The van der Waals surface area contributed by atoms with Crippen molar-refractivity contribution in [2.45, 2.75) is 50.8 Å². The third kappa shape index (κ3) is 4.18. The van der Waals surface area contributed by atoms with E-state index in [4.69, 9.17) is 9.51 Å². The number of pyridine rings is 1. The Hall–Kier alpha value is -2.51. The number of hydrogen-bond donors (Lipinski definition) is 0. The largest absolute Gasteiger partial charge is 0.360 e. The summed E-state index contributed by atoms with van der Waals surface area (Å²) < 4.78 is 33.2. The summed E-state index contributed by atoms with van der Waals surface area (Å²) in [5, 5.41) is 3.82. The molecule has 0 aliphatic carbocycles. The molecular weight excluding hydrogens is 398 g/mol. The SMILES string of the molecule is Cc1cc(Cc2ccccc2)cc([C@H]2CCCN(S(=O)(=O)c3c(C)noc3C)C2)n1. The summed E-state index contributed by atoms with van der Waals surface area (Å²) in [6.45, 7) is 6.24. The Labute approximate surface area is 178 Å². The Bertz CT molecular complexity index is 1120. The lowest BCUT2D eigenvalue weighted by molar-refractivity contribution is 0.311. The molecule has 4 rings (SSSR count). The number of benzene rings is 1. The Morgan fingerprint density at radius 2 is 1.87 bits per heavy atom. The molecule has 0 radical (unpaired) electrons. The Kier molecular flexibility index (Phi) is 5.75. The van der Waals surface area contributed by atoms with Crippen molar-refractivity contribution in [3.63, 3.8) is 0 Å². The first-order valence-electron chi connectivity index (χ1n) is 10.3. The van der Waals surface area contributed by atoms with E-state index in [-0.39, 0.29) is 10.8 Å². The molecule has 1 saturated heterocycles. The molecule has 1 aliphatic rings.